The van der Waals surface area contributed by atoms with Gasteiger partial charge < -0.3 is 16.0 Å². The number of nitrogens with two attached hydrogens (primary N) is 1. The number of likely N-dealkylation sites (N-methyl/N-ethyl adjacent to an activating group) is 1. The zero-order valence-corrected chi connectivity index (χ0v) is 11.5. The Morgan fingerprint density at radius 2 is 1.88 bits per heavy atom. The topological polar surface area (TPSA) is 75.4 Å². The van der Waals surface area contributed by atoms with E-state index >= 15 is 0 Å². The molecular weight excluding hydrogens is 218 g/mol. The lowest BCUT2D eigenvalue weighted by Gasteiger charge is -2.26. The molecule has 0 fully saturated rings. The average molecular weight is 243 g/mol. The zero-order valence-electron chi connectivity index (χ0n) is 11.5. The van der Waals surface area contributed by atoms with Crippen molar-refractivity contribution in [3.8, 4) is 0 Å². The highest BCUT2D eigenvalue weighted by Crippen LogP contribution is 2.09. The van der Waals surface area contributed by atoms with Gasteiger partial charge >= 0.3 is 0 Å². The lowest BCUT2D eigenvalue weighted by molar-refractivity contribution is -0.134. The molecule has 0 aliphatic carbocycles. The predicted molar refractivity (Wildman–Crippen MR) is 68.3 cm³/mol. The third-order valence-electron chi connectivity index (χ3n) is 3.16. The highest BCUT2D eigenvalue weighted by molar-refractivity contribution is 5.83. The van der Waals surface area contributed by atoms with Gasteiger partial charge in [-0.1, -0.05) is 27.2 Å². The fraction of sp³-hybridized carbons (Fsp3) is 0.833. The van der Waals surface area contributed by atoms with Crippen LogP contribution < -0.4 is 11.1 Å². The lowest BCUT2D eigenvalue weighted by Crippen LogP contribution is -2.47. The van der Waals surface area contributed by atoms with Gasteiger partial charge in [0.2, 0.25) is 11.8 Å². The summed E-state index contributed by atoms with van der Waals surface area (Å²) in [7, 11) is 3.27. The van der Waals surface area contributed by atoms with Crippen molar-refractivity contribution < 1.29 is 9.59 Å². The highest BCUT2D eigenvalue weighted by Gasteiger charge is 2.24. The molecule has 0 radical (unpaired) electrons. The first-order chi connectivity index (χ1) is 7.84. The van der Waals surface area contributed by atoms with E-state index in [-0.39, 0.29) is 23.7 Å². The Morgan fingerprint density at radius 3 is 2.29 bits per heavy atom. The van der Waals surface area contributed by atoms with Crippen molar-refractivity contribution in [2.24, 2.45) is 17.6 Å². The maximum Gasteiger partial charge on any atom is 0.239 e. The molecule has 0 aromatic heterocycles. The van der Waals surface area contributed by atoms with Crippen molar-refractivity contribution >= 4 is 11.8 Å². The molecule has 5 nitrogen and oxygen atoms in total. The molecule has 0 saturated carbocycles. The van der Waals surface area contributed by atoms with Crippen molar-refractivity contribution in [2.75, 3.05) is 20.6 Å². The SMILES string of the molecule is CC[C@H](C)[C@H](N)C(=O)N(C)CC(C)C(=O)NC. The lowest BCUT2D eigenvalue weighted by atomic mass is 9.98. The summed E-state index contributed by atoms with van der Waals surface area (Å²) in [5, 5.41) is 2.56. The second-order valence-corrected chi connectivity index (χ2v) is 4.65. The van der Waals surface area contributed by atoms with Gasteiger partial charge in [0.25, 0.3) is 0 Å². The molecule has 3 atom stereocenters. The van der Waals surface area contributed by atoms with Gasteiger partial charge in [-0.05, 0) is 5.92 Å². The summed E-state index contributed by atoms with van der Waals surface area (Å²) in [5.41, 5.74) is 5.86. The molecule has 0 spiro atoms. The van der Waals surface area contributed by atoms with Gasteiger partial charge in [-0.2, -0.15) is 0 Å². The van der Waals surface area contributed by atoms with Crippen LogP contribution in [0, 0.1) is 11.8 Å². The minimum atomic E-state index is -0.484. The maximum absolute atomic E-state index is 12.0. The normalized spacial score (nSPS) is 15.9. The first-order valence-electron chi connectivity index (χ1n) is 6.07. The van der Waals surface area contributed by atoms with Crippen LogP contribution in [0.15, 0.2) is 0 Å². The standard InChI is InChI=1S/C12H25N3O2/c1-6-8(2)10(13)12(17)15(5)7-9(3)11(16)14-4/h8-10H,6-7,13H2,1-5H3,(H,14,16)/t8-,9?,10-/m0/s1. The predicted octanol–water partition coefficient (Wildman–Crippen LogP) is 0.200. The van der Waals surface area contributed by atoms with Crippen LogP contribution in [0.3, 0.4) is 0 Å². The third-order valence-corrected chi connectivity index (χ3v) is 3.16. The van der Waals surface area contributed by atoms with Crippen molar-refractivity contribution in [1.82, 2.24) is 10.2 Å². The third kappa shape index (κ3) is 4.73. The second-order valence-electron chi connectivity index (χ2n) is 4.65. The molecule has 0 bridgehead atoms. The minimum Gasteiger partial charge on any atom is -0.359 e. The molecule has 5 heteroatoms. The molecule has 17 heavy (non-hydrogen) atoms. The van der Waals surface area contributed by atoms with Gasteiger partial charge in [-0.15, -0.1) is 0 Å². The molecule has 0 heterocycles. The molecule has 0 aromatic carbocycles. The number of carbonyl (C=O) groups is 2. The summed E-state index contributed by atoms with van der Waals surface area (Å²) in [6, 6.07) is -0.484. The first kappa shape index (κ1) is 15.9. The van der Waals surface area contributed by atoms with Gasteiger partial charge in [0.15, 0.2) is 0 Å². The fourth-order valence-corrected chi connectivity index (χ4v) is 1.58. The number of rotatable bonds is 6. The number of nitrogens with zero attached hydrogens (tertiary/aromatic N) is 1. The molecule has 0 aliphatic heterocycles. The summed E-state index contributed by atoms with van der Waals surface area (Å²) >= 11 is 0. The number of nitrogens with one attached hydrogen (secondary N) is 1. The van der Waals surface area contributed by atoms with Gasteiger partial charge in [0.1, 0.15) is 0 Å². The Labute approximate surface area is 104 Å². The van der Waals surface area contributed by atoms with Crippen LogP contribution in [0.25, 0.3) is 0 Å². The molecule has 0 aliphatic rings. The summed E-state index contributed by atoms with van der Waals surface area (Å²) < 4.78 is 0. The fourth-order valence-electron chi connectivity index (χ4n) is 1.58. The van der Waals surface area contributed by atoms with E-state index in [1.807, 2.05) is 13.8 Å². The van der Waals surface area contributed by atoms with Crippen molar-refractivity contribution in [3.05, 3.63) is 0 Å². The Bertz CT molecular complexity index is 268. The Hall–Kier alpha value is -1.10. The average Bonchev–Trinajstić information content (AvgIpc) is 2.34. The molecule has 2 amide bonds. The number of hydrogen-bond acceptors (Lipinski definition) is 3. The second kappa shape index (κ2) is 7.27. The number of hydrogen-bond donors (Lipinski definition) is 2. The summed E-state index contributed by atoms with van der Waals surface area (Å²) in [6.07, 6.45) is 0.867. The van der Waals surface area contributed by atoms with E-state index in [0.29, 0.717) is 6.54 Å². The van der Waals surface area contributed by atoms with Crippen molar-refractivity contribution in [2.45, 2.75) is 33.2 Å². The van der Waals surface area contributed by atoms with E-state index in [1.54, 1.807) is 21.0 Å². The highest BCUT2D eigenvalue weighted by atomic mass is 16.2. The Kier molecular flexibility index (Phi) is 6.80. The zero-order chi connectivity index (χ0) is 13.6. The van der Waals surface area contributed by atoms with Gasteiger partial charge in [-0.25, -0.2) is 0 Å². The van der Waals surface area contributed by atoms with Crippen molar-refractivity contribution in [3.63, 3.8) is 0 Å². The summed E-state index contributed by atoms with van der Waals surface area (Å²) in [4.78, 5) is 24.8. The smallest absolute Gasteiger partial charge is 0.239 e. The van der Waals surface area contributed by atoms with Crippen molar-refractivity contribution in [1.29, 1.82) is 0 Å². The quantitative estimate of drug-likeness (QED) is 0.700. The van der Waals surface area contributed by atoms with Crippen LogP contribution in [0.5, 0.6) is 0 Å². The summed E-state index contributed by atoms with van der Waals surface area (Å²) in [5.74, 6) is -0.241. The van der Waals surface area contributed by atoms with E-state index < -0.39 is 6.04 Å². The number of amides is 2. The molecule has 3 N–H and O–H groups in total. The van der Waals surface area contributed by atoms with E-state index in [0.717, 1.165) is 6.42 Å². The Balaban J connectivity index is 4.36. The van der Waals surface area contributed by atoms with E-state index in [4.69, 9.17) is 5.73 Å². The first-order valence-corrected chi connectivity index (χ1v) is 6.07. The largest absolute Gasteiger partial charge is 0.359 e. The van der Waals surface area contributed by atoms with Crippen LogP contribution in [0.4, 0.5) is 0 Å². The Morgan fingerprint density at radius 1 is 1.35 bits per heavy atom. The minimum absolute atomic E-state index is 0.0678. The maximum atomic E-state index is 12.0. The van der Waals surface area contributed by atoms with Gasteiger partial charge in [0.05, 0.1) is 12.0 Å². The van der Waals surface area contributed by atoms with Crippen LogP contribution in [-0.4, -0.2) is 43.4 Å². The molecule has 0 rings (SSSR count). The van der Waals surface area contributed by atoms with Gasteiger partial charge in [0, 0.05) is 20.6 Å². The van der Waals surface area contributed by atoms with E-state index in [9.17, 15) is 9.59 Å². The van der Waals surface area contributed by atoms with Crippen LogP contribution in [0.1, 0.15) is 27.2 Å². The van der Waals surface area contributed by atoms with Crippen LogP contribution >= 0.6 is 0 Å². The molecule has 0 aromatic rings. The van der Waals surface area contributed by atoms with E-state index in [2.05, 4.69) is 5.32 Å². The van der Waals surface area contributed by atoms with Crippen LogP contribution in [0.2, 0.25) is 0 Å². The monoisotopic (exact) mass is 243 g/mol. The summed E-state index contributed by atoms with van der Waals surface area (Å²) in [6.45, 7) is 6.14. The van der Waals surface area contributed by atoms with Gasteiger partial charge in [-0.3, -0.25) is 9.59 Å². The number of carbonyl (C=O) groups excluding carboxylic acids is 2. The van der Waals surface area contributed by atoms with Crippen LogP contribution in [-0.2, 0) is 9.59 Å². The van der Waals surface area contributed by atoms with E-state index in [1.165, 1.54) is 4.90 Å². The molecule has 1 unspecified atom stereocenters. The molecule has 0 saturated heterocycles. The molecular formula is C12H25N3O2. The molecule has 100 valence electrons.